The number of nitrogens with one attached hydrogen (secondary N) is 2. The molecular formula is C40H40Cl3N3O3. The quantitative estimate of drug-likeness (QED) is 0.0918. The van der Waals surface area contributed by atoms with Gasteiger partial charge in [0.15, 0.2) is 5.78 Å². The van der Waals surface area contributed by atoms with Gasteiger partial charge in [-0.3, -0.25) is 4.79 Å². The molecule has 0 saturated carbocycles. The van der Waals surface area contributed by atoms with E-state index in [0.29, 0.717) is 72.1 Å². The Morgan fingerprint density at radius 3 is 2.24 bits per heavy atom. The van der Waals surface area contributed by atoms with Crippen LogP contribution in [0.2, 0.25) is 15.1 Å². The molecule has 0 amide bonds. The number of aromatic hydroxyl groups is 1. The molecule has 6 nitrogen and oxygen atoms in total. The molecule has 0 fully saturated rings. The second-order valence-corrected chi connectivity index (χ2v) is 13.7. The number of rotatable bonds is 15. The maximum Gasteiger partial charge on any atom is 0.196 e. The zero-order valence-corrected chi connectivity index (χ0v) is 30.0. The van der Waals surface area contributed by atoms with Crippen molar-refractivity contribution in [2.75, 3.05) is 23.8 Å². The van der Waals surface area contributed by atoms with E-state index in [-0.39, 0.29) is 11.5 Å². The first-order valence-electron chi connectivity index (χ1n) is 17.1. The molecular weight excluding hydrogens is 677 g/mol. The maximum absolute atomic E-state index is 14.4. The number of aromatic nitrogens is 1. The van der Waals surface area contributed by atoms with E-state index in [1.165, 1.54) is 19.3 Å². The van der Waals surface area contributed by atoms with Crippen LogP contribution < -0.4 is 15.4 Å². The molecule has 0 aliphatic heterocycles. The molecule has 1 aromatic heterocycles. The predicted molar refractivity (Wildman–Crippen MR) is 205 cm³/mol. The molecule has 6 rings (SSSR count). The van der Waals surface area contributed by atoms with Crippen molar-refractivity contribution >= 4 is 68.6 Å². The van der Waals surface area contributed by atoms with E-state index in [4.69, 9.17) is 44.5 Å². The van der Waals surface area contributed by atoms with E-state index >= 15 is 0 Å². The number of ketones is 1. The van der Waals surface area contributed by atoms with Crippen LogP contribution >= 0.6 is 34.8 Å². The van der Waals surface area contributed by atoms with Gasteiger partial charge in [0.05, 0.1) is 39.3 Å². The van der Waals surface area contributed by atoms with Crippen molar-refractivity contribution in [2.45, 2.75) is 65.2 Å². The number of benzene rings is 4. The third-order valence-corrected chi connectivity index (χ3v) is 9.72. The third kappa shape index (κ3) is 7.47. The molecule has 1 aliphatic rings. The number of hydrogen-bond acceptors (Lipinski definition) is 6. The fourth-order valence-electron chi connectivity index (χ4n) is 6.34. The Balaban J connectivity index is 1.52. The summed E-state index contributed by atoms with van der Waals surface area (Å²) in [6.45, 7) is 5.63. The SMILES string of the molecule is CCCCCCCCOc1cc(Nc2c(Cl)cc(NCCCC)cc2Cl)c2c3c(cc(-c4cc(Cl)ccc4O)nc13)-c1ccccc1C2=O. The zero-order valence-electron chi connectivity index (χ0n) is 27.8. The van der Waals surface area contributed by atoms with Gasteiger partial charge in [0.1, 0.15) is 17.0 Å². The van der Waals surface area contributed by atoms with Crippen LogP contribution in [0.4, 0.5) is 17.1 Å². The molecule has 0 bridgehead atoms. The first kappa shape index (κ1) is 34.9. The third-order valence-electron chi connectivity index (χ3n) is 8.89. The highest BCUT2D eigenvalue weighted by atomic mass is 35.5. The van der Waals surface area contributed by atoms with Crippen LogP contribution in [0.3, 0.4) is 0 Å². The lowest BCUT2D eigenvalue weighted by Crippen LogP contribution is -2.14. The number of phenolic OH excluding ortho intramolecular Hbond substituents is 1. The minimum atomic E-state index is -0.150. The highest BCUT2D eigenvalue weighted by Gasteiger charge is 2.31. The van der Waals surface area contributed by atoms with Gasteiger partial charge in [-0.15, -0.1) is 0 Å². The number of ether oxygens (including phenoxy) is 1. The number of unbranched alkanes of at least 4 members (excludes halogenated alkanes) is 6. The van der Waals surface area contributed by atoms with Crippen molar-refractivity contribution in [1.29, 1.82) is 0 Å². The van der Waals surface area contributed by atoms with E-state index in [1.807, 2.05) is 48.5 Å². The van der Waals surface area contributed by atoms with Crippen LogP contribution in [-0.4, -0.2) is 29.0 Å². The lowest BCUT2D eigenvalue weighted by Gasteiger charge is -2.25. The van der Waals surface area contributed by atoms with Gasteiger partial charge in [0.2, 0.25) is 0 Å². The Morgan fingerprint density at radius 2 is 1.49 bits per heavy atom. The molecule has 4 aromatic carbocycles. The number of anilines is 3. The number of nitrogens with zero attached hydrogens (tertiary/aromatic N) is 1. The molecule has 0 unspecified atom stereocenters. The molecule has 254 valence electrons. The molecule has 1 aliphatic carbocycles. The lowest BCUT2D eigenvalue weighted by atomic mass is 9.82. The highest BCUT2D eigenvalue weighted by Crippen LogP contribution is 2.48. The molecule has 5 aromatic rings. The topological polar surface area (TPSA) is 83.5 Å². The Labute approximate surface area is 302 Å². The van der Waals surface area contributed by atoms with Gasteiger partial charge < -0.3 is 20.5 Å². The standard InChI is InChI=1S/C40H40Cl3N3O3/c1-3-5-7-8-9-12-18-49-35-23-33(46-38-30(42)20-25(21-31(38)43)44-17-6-4-2)37-36-28(26-13-10-11-14-27(26)40(37)48)22-32(45-39(35)36)29-19-24(41)15-16-34(29)47/h10-11,13-16,19-23,44,46-47H,3-9,12,17-18H2,1-2H3. The molecule has 0 atom stereocenters. The molecule has 0 radical (unpaired) electrons. The minimum absolute atomic E-state index is 0.0496. The highest BCUT2D eigenvalue weighted by molar-refractivity contribution is 6.40. The Morgan fingerprint density at radius 1 is 0.776 bits per heavy atom. The average Bonchev–Trinajstić information content (AvgIpc) is 3.09. The smallest absolute Gasteiger partial charge is 0.196 e. The van der Waals surface area contributed by atoms with Gasteiger partial charge in [-0.1, -0.05) is 111 Å². The summed E-state index contributed by atoms with van der Waals surface area (Å²) in [5, 5.41) is 19.6. The fraction of sp³-hybridized carbons (Fsp3) is 0.300. The van der Waals surface area contributed by atoms with Crippen molar-refractivity contribution in [1.82, 2.24) is 4.98 Å². The van der Waals surface area contributed by atoms with Crippen LogP contribution in [0.15, 0.2) is 66.7 Å². The largest absolute Gasteiger partial charge is 0.507 e. The number of phenols is 1. The van der Waals surface area contributed by atoms with Crippen molar-refractivity contribution in [3.8, 4) is 33.9 Å². The van der Waals surface area contributed by atoms with Crippen LogP contribution in [0, 0.1) is 0 Å². The van der Waals surface area contributed by atoms with E-state index in [9.17, 15) is 9.90 Å². The molecule has 0 spiro atoms. The van der Waals surface area contributed by atoms with Crippen molar-refractivity contribution in [2.24, 2.45) is 0 Å². The van der Waals surface area contributed by atoms with E-state index < -0.39 is 0 Å². The number of hydrogen-bond donors (Lipinski definition) is 3. The summed E-state index contributed by atoms with van der Waals surface area (Å²) >= 11 is 20.0. The summed E-state index contributed by atoms with van der Waals surface area (Å²) in [5.74, 6) is 0.411. The Hall–Kier alpha value is -3.97. The van der Waals surface area contributed by atoms with Gasteiger partial charge >= 0.3 is 0 Å². The number of halogens is 3. The average molecular weight is 717 g/mol. The van der Waals surface area contributed by atoms with E-state index in [2.05, 4.69) is 24.5 Å². The van der Waals surface area contributed by atoms with Gasteiger partial charge in [-0.2, -0.15) is 0 Å². The van der Waals surface area contributed by atoms with Gasteiger partial charge in [-0.25, -0.2) is 4.98 Å². The summed E-state index contributed by atoms with van der Waals surface area (Å²) in [5.41, 5.74) is 5.92. The first-order valence-corrected chi connectivity index (χ1v) is 18.2. The van der Waals surface area contributed by atoms with Crippen LogP contribution in [0.25, 0.3) is 33.3 Å². The summed E-state index contributed by atoms with van der Waals surface area (Å²) in [4.78, 5) is 19.4. The first-order chi connectivity index (χ1) is 23.8. The number of fused-ring (bicyclic) bond motifs is 2. The van der Waals surface area contributed by atoms with Gasteiger partial charge in [-0.05, 0) is 60.4 Å². The fourth-order valence-corrected chi connectivity index (χ4v) is 7.10. The van der Waals surface area contributed by atoms with E-state index in [0.717, 1.165) is 55.5 Å². The van der Waals surface area contributed by atoms with Crippen LogP contribution in [0.5, 0.6) is 11.5 Å². The number of carbonyl (C=O) groups excluding carboxylic acids is 1. The second-order valence-electron chi connectivity index (χ2n) is 12.4. The summed E-state index contributed by atoms with van der Waals surface area (Å²) in [7, 11) is 0. The summed E-state index contributed by atoms with van der Waals surface area (Å²) < 4.78 is 6.51. The predicted octanol–water partition coefficient (Wildman–Crippen LogP) is 12.5. The molecule has 9 heteroatoms. The van der Waals surface area contributed by atoms with Crippen molar-refractivity contribution in [3.63, 3.8) is 0 Å². The number of pyridine rings is 1. The van der Waals surface area contributed by atoms with Crippen molar-refractivity contribution in [3.05, 3.63) is 92.9 Å². The van der Waals surface area contributed by atoms with Gasteiger partial charge in [0, 0.05) is 39.8 Å². The monoisotopic (exact) mass is 715 g/mol. The zero-order chi connectivity index (χ0) is 34.5. The maximum atomic E-state index is 14.4. The minimum Gasteiger partial charge on any atom is -0.507 e. The number of carbonyl (C=O) groups is 1. The van der Waals surface area contributed by atoms with Crippen LogP contribution in [0.1, 0.15) is 81.1 Å². The van der Waals surface area contributed by atoms with Crippen molar-refractivity contribution < 1.29 is 14.6 Å². The van der Waals surface area contributed by atoms with Crippen LogP contribution in [-0.2, 0) is 0 Å². The Kier molecular flexibility index (Phi) is 11.2. The molecule has 3 N–H and O–H groups in total. The second kappa shape index (κ2) is 15.7. The molecule has 0 saturated heterocycles. The Bertz CT molecular complexity index is 1990. The summed E-state index contributed by atoms with van der Waals surface area (Å²) in [6, 6.07) is 19.8. The molecule has 49 heavy (non-hydrogen) atoms. The van der Waals surface area contributed by atoms with E-state index in [1.54, 1.807) is 18.2 Å². The normalized spacial score (nSPS) is 11.9. The lowest BCUT2D eigenvalue weighted by molar-refractivity contribution is 0.104. The molecule has 1 heterocycles. The van der Waals surface area contributed by atoms with Gasteiger partial charge in [0.25, 0.3) is 0 Å². The summed E-state index contributed by atoms with van der Waals surface area (Å²) in [6.07, 6.45) is 8.79.